The number of aromatic amines is 1. The van der Waals surface area contributed by atoms with Gasteiger partial charge in [0, 0.05) is 31.2 Å². The van der Waals surface area contributed by atoms with Gasteiger partial charge in [0.1, 0.15) is 0 Å². The number of amides is 1. The van der Waals surface area contributed by atoms with Crippen molar-refractivity contribution in [3.63, 3.8) is 0 Å². The standard InChI is InChI=1S/C19H19F2N5O2/c1-9-8-22-3-4-26(9)19(28)12-7-15(23-18-16(12)10(2)24-25-18)11-5-13(20)17(27)14(21)6-11/h5-7,9,22,27H,3-4,8H2,1-2H3,(H,23,24,25)/t9-/m0/s1. The van der Waals surface area contributed by atoms with Crippen LogP contribution in [-0.2, 0) is 0 Å². The Bertz CT molecular complexity index is 1060. The molecule has 7 nitrogen and oxygen atoms in total. The third kappa shape index (κ3) is 2.97. The van der Waals surface area contributed by atoms with Crippen LogP contribution in [0.5, 0.6) is 5.75 Å². The van der Waals surface area contributed by atoms with E-state index in [1.165, 1.54) is 6.07 Å². The average molecular weight is 387 g/mol. The molecular weight excluding hydrogens is 368 g/mol. The number of piperazine rings is 1. The average Bonchev–Trinajstić information content (AvgIpc) is 3.06. The van der Waals surface area contributed by atoms with E-state index in [0.29, 0.717) is 41.9 Å². The molecule has 4 rings (SSSR count). The fourth-order valence-electron chi connectivity index (χ4n) is 3.51. The van der Waals surface area contributed by atoms with Crippen LogP contribution in [0, 0.1) is 18.6 Å². The van der Waals surface area contributed by atoms with Crippen LogP contribution in [0.3, 0.4) is 0 Å². The number of fused-ring (bicyclic) bond motifs is 1. The Morgan fingerprint density at radius 2 is 2.00 bits per heavy atom. The predicted octanol–water partition coefficient (Wildman–Crippen LogP) is 2.35. The number of aromatic hydroxyl groups is 1. The Morgan fingerprint density at radius 3 is 2.68 bits per heavy atom. The normalized spacial score (nSPS) is 17.3. The molecule has 3 N–H and O–H groups in total. The van der Waals surface area contributed by atoms with E-state index in [9.17, 15) is 18.7 Å². The molecule has 0 radical (unpaired) electrons. The van der Waals surface area contributed by atoms with Crippen LogP contribution in [0.4, 0.5) is 8.78 Å². The molecule has 1 saturated heterocycles. The lowest BCUT2D eigenvalue weighted by molar-refractivity contribution is 0.0657. The Hall–Kier alpha value is -3.07. The van der Waals surface area contributed by atoms with E-state index in [1.54, 1.807) is 11.8 Å². The largest absolute Gasteiger partial charge is 0.503 e. The zero-order valence-electron chi connectivity index (χ0n) is 15.4. The maximum atomic E-state index is 13.8. The van der Waals surface area contributed by atoms with E-state index in [-0.39, 0.29) is 23.2 Å². The summed E-state index contributed by atoms with van der Waals surface area (Å²) in [5.74, 6) is -3.43. The molecule has 1 aliphatic rings. The van der Waals surface area contributed by atoms with Crippen LogP contribution in [-0.4, -0.2) is 56.8 Å². The third-order valence-corrected chi connectivity index (χ3v) is 5.02. The zero-order valence-corrected chi connectivity index (χ0v) is 15.4. The fourth-order valence-corrected chi connectivity index (χ4v) is 3.51. The summed E-state index contributed by atoms with van der Waals surface area (Å²) in [6.07, 6.45) is 0. The number of carbonyl (C=O) groups is 1. The number of aryl methyl sites for hydroxylation is 1. The maximum absolute atomic E-state index is 13.8. The number of phenols is 1. The van der Waals surface area contributed by atoms with Gasteiger partial charge in [-0.05, 0) is 32.0 Å². The van der Waals surface area contributed by atoms with Crippen LogP contribution >= 0.6 is 0 Å². The van der Waals surface area contributed by atoms with Gasteiger partial charge in [0.05, 0.1) is 22.3 Å². The van der Waals surface area contributed by atoms with E-state index < -0.39 is 17.4 Å². The molecule has 1 fully saturated rings. The first-order valence-electron chi connectivity index (χ1n) is 8.92. The van der Waals surface area contributed by atoms with Gasteiger partial charge < -0.3 is 15.3 Å². The van der Waals surface area contributed by atoms with Crippen LogP contribution in [0.1, 0.15) is 23.0 Å². The molecule has 0 saturated carbocycles. The van der Waals surface area contributed by atoms with Crippen molar-refractivity contribution < 1.29 is 18.7 Å². The van der Waals surface area contributed by atoms with Crippen molar-refractivity contribution in [3.05, 3.63) is 41.1 Å². The lowest BCUT2D eigenvalue weighted by Gasteiger charge is -2.34. The van der Waals surface area contributed by atoms with Crippen molar-refractivity contribution in [1.29, 1.82) is 0 Å². The predicted molar refractivity (Wildman–Crippen MR) is 99.0 cm³/mol. The molecular formula is C19H19F2N5O2. The lowest BCUT2D eigenvalue weighted by Crippen LogP contribution is -2.52. The summed E-state index contributed by atoms with van der Waals surface area (Å²) in [7, 11) is 0. The molecule has 28 heavy (non-hydrogen) atoms. The third-order valence-electron chi connectivity index (χ3n) is 5.02. The summed E-state index contributed by atoms with van der Waals surface area (Å²) in [5.41, 5.74) is 1.66. The van der Waals surface area contributed by atoms with Gasteiger partial charge in [0.2, 0.25) is 0 Å². The molecule has 1 amide bonds. The van der Waals surface area contributed by atoms with Crippen LogP contribution in [0.2, 0.25) is 0 Å². The van der Waals surface area contributed by atoms with Gasteiger partial charge in [0.25, 0.3) is 5.91 Å². The summed E-state index contributed by atoms with van der Waals surface area (Å²) in [6.45, 7) is 5.65. The highest BCUT2D eigenvalue weighted by molar-refractivity contribution is 6.07. The van der Waals surface area contributed by atoms with E-state index >= 15 is 0 Å². The molecule has 0 spiro atoms. The first kappa shape index (κ1) is 18.3. The van der Waals surface area contributed by atoms with Crippen LogP contribution in [0.25, 0.3) is 22.3 Å². The minimum atomic E-state index is -1.10. The molecule has 0 unspecified atom stereocenters. The highest BCUT2D eigenvalue weighted by Gasteiger charge is 2.27. The Labute approximate surface area is 159 Å². The number of rotatable bonds is 2. The molecule has 3 aromatic rings. The number of halogens is 2. The summed E-state index contributed by atoms with van der Waals surface area (Å²) < 4.78 is 27.6. The Balaban J connectivity index is 1.88. The number of hydrogen-bond donors (Lipinski definition) is 3. The van der Waals surface area contributed by atoms with Crippen molar-refractivity contribution in [2.75, 3.05) is 19.6 Å². The number of phenolic OH excluding ortho intramolecular Hbond substituents is 1. The number of H-pyrrole nitrogens is 1. The van der Waals surface area contributed by atoms with Crippen molar-refractivity contribution >= 4 is 16.9 Å². The van der Waals surface area contributed by atoms with Crippen molar-refractivity contribution in [3.8, 4) is 17.0 Å². The minimum absolute atomic E-state index is 0.00341. The smallest absolute Gasteiger partial charge is 0.255 e. The second-order valence-electron chi connectivity index (χ2n) is 6.93. The minimum Gasteiger partial charge on any atom is -0.503 e. The number of nitrogens with one attached hydrogen (secondary N) is 2. The molecule has 0 bridgehead atoms. The Kier molecular flexibility index (Phi) is 4.46. The monoisotopic (exact) mass is 387 g/mol. The van der Waals surface area contributed by atoms with E-state index in [4.69, 9.17) is 0 Å². The summed E-state index contributed by atoms with van der Waals surface area (Å²) in [6, 6.07) is 3.49. The number of carbonyl (C=O) groups excluding carboxylic acids is 1. The molecule has 1 aliphatic heterocycles. The van der Waals surface area contributed by atoms with Gasteiger partial charge in [-0.25, -0.2) is 13.8 Å². The topological polar surface area (TPSA) is 94.1 Å². The first-order valence-corrected chi connectivity index (χ1v) is 8.92. The fraction of sp³-hybridized carbons (Fsp3) is 0.316. The van der Waals surface area contributed by atoms with Crippen LogP contribution in [0.15, 0.2) is 18.2 Å². The lowest BCUT2D eigenvalue weighted by atomic mass is 10.0. The molecule has 3 heterocycles. The summed E-state index contributed by atoms with van der Waals surface area (Å²) >= 11 is 0. The number of hydrogen-bond acceptors (Lipinski definition) is 5. The molecule has 2 aromatic heterocycles. The summed E-state index contributed by atoms with van der Waals surface area (Å²) in [4.78, 5) is 19.4. The molecule has 146 valence electrons. The highest BCUT2D eigenvalue weighted by atomic mass is 19.1. The van der Waals surface area contributed by atoms with Gasteiger partial charge in [0.15, 0.2) is 23.0 Å². The highest BCUT2D eigenvalue weighted by Crippen LogP contribution is 2.31. The molecule has 0 aliphatic carbocycles. The molecule has 9 heteroatoms. The molecule has 1 aromatic carbocycles. The van der Waals surface area contributed by atoms with Gasteiger partial charge in [-0.15, -0.1) is 0 Å². The van der Waals surface area contributed by atoms with E-state index in [1.807, 2.05) is 6.92 Å². The van der Waals surface area contributed by atoms with Gasteiger partial charge in [-0.2, -0.15) is 5.10 Å². The number of pyridine rings is 1. The SMILES string of the molecule is Cc1n[nH]c2nc(-c3cc(F)c(O)c(F)c3)cc(C(=O)N3CCNC[C@@H]3C)c12. The van der Waals surface area contributed by atoms with Crippen molar-refractivity contribution in [2.24, 2.45) is 0 Å². The van der Waals surface area contributed by atoms with Crippen molar-refractivity contribution in [2.45, 2.75) is 19.9 Å². The zero-order chi connectivity index (χ0) is 20.0. The van der Waals surface area contributed by atoms with Gasteiger partial charge in [-0.3, -0.25) is 9.89 Å². The van der Waals surface area contributed by atoms with Crippen molar-refractivity contribution in [1.82, 2.24) is 25.4 Å². The Morgan fingerprint density at radius 1 is 1.29 bits per heavy atom. The van der Waals surface area contributed by atoms with Gasteiger partial charge in [-0.1, -0.05) is 0 Å². The number of nitrogens with zero attached hydrogens (tertiary/aromatic N) is 3. The summed E-state index contributed by atoms with van der Waals surface area (Å²) in [5, 5.41) is 20.1. The number of benzene rings is 1. The number of aromatic nitrogens is 3. The maximum Gasteiger partial charge on any atom is 0.255 e. The van der Waals surface area contributed by atoms with E-state index in [2.05, 4.69) is 20.5 Å². The van der Waals surface area contributed by atoms with Crippen LogP contribution < -0.4 is 5.32 Å². The quantitative estimate of drug-likeness (QED) is 0.628. The molecule has 1 atom stereocenters. The first-order chi connectivity index (χ1) is 13.4. The second-order valence-corrected chi connectivity index (χ2v) is 6.93. The van der Waals surface area contributed by atoms with E-state index in [0.717, 1.165) is 12.1 Å². The van der Waals surface area contributed by atoms with Gasteiger partial charge >= 0.3 is 0 Å². The second kappa shape index (κ2) is 6.83.